The zero-order valence-corrected chi connectivity index (χ0v) is 11.6. The summed E-state index contributed by atoms with van der Waals surface area (Å²) in [6, 6.07) is 4.70. The van der Waals surface area contributed by atoms with Crippen molar-refractivity contribution in [2.45, 2.75) is 13.3 Å². The van der Waals surface area contributed by atoms with Gasteiger partial charge in [0.15, 0.2) is 0 Å². The molecule has 1 rings (SSSR count). The maximum absolute atomic E-state index is 11.6. The van der Waals surface area contributed by atoms with E-state index < -0.39 is 10.0 Å². The molecule has 17 heavy (non-hydrogen) atoms. The molecular weight excluding hydrogens is 280 g/mol. The maximum Gasteiger partial charge on any atom is 0.232 e. The van der Waals surface area contributed by atoms with Crippen LogP contribution in [0.4, 0.5) is 5.69 Å². The number of thiocarbonyl (C=S) groups is 1. The molecule has 1 aromatic rings. The van der Waals surface area contributed by atoms with Gasteiger partial charge in [0, 0.05) is 5.56 Å². The van der Waals surface area contributed by atoms with Gasteiger partial charge in [-0.2, -0.15) is 0 Å². The fourth-order valence-corrected chi connectivity index (χ4v) is 2.80. The number of anilines is 1. The van der Waals surface area contributed by atoms with E-state index in [1.807, 2.05) is 0 Å². The molecule has 0 bridgehead atoms. The molecule has 94 valence electrons. The highest BCUT2D eigenvalue weighted by Crippen LogP contribution is 2.24. The average Bonchev–Trinajstić information content (AvgIpc) is 2.20. The summed E-state index contributed by atoms with van der Waals surface area (Å²) in [4.78, 5) is 0.217. The second-order valence-electron chi connectivity index (χ2n) is 3.48. The molecule has 0 fully saturated rings. The molecule has 0 spiro atoms. The SMILES string of the molecule is CCCS(=O)(=O)Nc1ccc(C(N)=S)cc1Cl. The Labute approximate surface area is 111 Å². The van der Waals surface area contributed by atoms with Crippen LogP contribution in [-0.2, 0) is 10.0 Å². The van der Waals surface area contributed by atoms with Gasteiger partial charge in [-0.25, -0.2) is 8.42 Å². The number of rotatable bonds is 5. The molecule has 0 unspecified atom stereocenters. The number of benzene rings is 1. The van der Waals surface area contributed by atoms with Crippen LogP contribution in [0.2, 0.25) is 5.02 Å². The van der Waals surface area contributed by atoms with Crippen LogP contribution in [0.15, 0.2) is 18.2 Å². The molecule has 0 aliphatic heterocycles. The number of nitrogens with two attached hydrogens (primary N) is 1. The van der Waals surface area contributed by atoms with Gasteiger partial charge in [0.25, 0.3) is 0 Å². The van der Waals surface area contributed by atoms with Crippen molar-refractivity contribution in [1.29, 1.82) is 0 Å². The third-order valence-electron chi connectivity index (χ3n) is 1.99. The minimum atomic E-state index is -3.34. The first kappa shape index (κ1) is 14.2. The van der Waals surface area contributed by atoms with Crippen LogP contribution in [0.25, 0.3) is 0 Å². The van der Waals surface area contributed by atoms with E-state index in [0.717, 1.165) is 0 Å². The van der Waals surface area contributed by atoms with Gasteiger partial charge in [0.05, 0.1) is 16.5 Å². The topological polar surface area (TPSA) is 72.2 Å². The van der Waals surface area contributed by atoms with Crippen LogP contribution < -0.4 is 10.5 Å². The van der Waals surface area contributed by atoms with Crippen LogP contribution in [0, 0.1) is 0 Å². The fourth-order valence-electron chi connectivity index (χ4n) is 1.24. The first-order chi connectivity index (χ1) is 7.85. The number of halogens is 1. The summed E-state index contributed by atoms with van der Waals surface area (Å²) in [5.41, 5.74) is 6.38. The van der Waals surface area contributed by atoms with Crippen molar-refractivity contribution < 1.29 is 8.42 Å². The predicted molar refractivity (Wildman–Crippen MR) is 75.0 cm³/mol. The van der Waals surface area contributed by atoms with E-state index in [2.05, 4.69) is 4.72 Å². The number of hydrogen-bond acceptors (Lipinski definition) is 3. The van der Waals surface area contributed by atoms with Crippen LogP contribution in [0.3, 0.4) is 0 Å². The van der Waals surface area contributed by atoms with Gasteiger partial charge in [-0.3, -0.25) is 4.72 Å². The molecule has 4 nitrogen and oxygen atoms in total. The monoisotopic (exact) mass is 292 g/mol. The predicted octanol–water partition coefficient (Wildman–Crippen LogP) is 2.13. The first-order valence-corrected chi connectivity index (χ1v) is 7.39. The summed E-state index contributed by atoms with van der Waals surface area (Å²) >= 11 is 10.7. The lowest BCUT2D eigenvalue weighted by atomic mass is 10.2. The Morgan fingerprint density at radius 3 is 2.65 bits per heavy atom. The van der Waals surface area contributed by atoms with E-state index in [1.54, 1.807) is 19.1 Å². The number of sulfonamides is 1. The summed E-state index contributed by atoms with van der Waals surface area (Å²) in [5, 5.41) is 0.273. The van der Waals surface area contributed by atoms with Crippen molar-refractivity contribution in [3.63, 3.8) is 0 Å². The number of nitrogens with one attached hydrogen (secondary N) is 1. The highest BCUT2D eigenvalue weighted by molar-refractivity contribution is 7.92. The molecule has 0 aliphatic rings. The highest BCUT2D eigenvalue weighted by atomic mass is 35.5. The molecule has 0 amide bonds. The Morgan fingerprint density at radius 2 is 2.18 bits per heavy atom. The zero-order chi connectivity index (χ0) is 13.1. The summed E-state index contributed by atoms with van der Waals surface area (Å²) in [6.45, 7) is 1.79. The van der Waals surface area contributed by atoms with Crippen LogP contribution >= 0.6 is 23.8 Å². The average molecular weight is 293 g/mol. The molecule has 0 heterocycles. The van der Waals surface area contributed by atoms with E-state index >= 15 is 0 Å². The molecule has 0 aromatic heterocycles. The molecule has 0 atom stereocenters. The van der Waals surface area contributed by atoms with Gasteiger partial charge in [-0.1, -0.05) is 30.7 Å². The molecule has 0 saturated heterocycles. The van der Waals surface area contributed by atoms with E-state index in [-0.39, 0.29) is 15.8 Å². The summed E-state index contributed by atoms with van der Waals surface area (Å²) in [7, 11) is -3.34. The molecule has 0 radical (unpaired) electrons. The van der Waals surface area contributed by atoms with Crippen LogP contribution in [-0.4, -0.2) is 19.2 Å². The van der Waals surface area contributed by atoms with Gasteiger partial charge in [-0.15, -0.1) is 0 Å². The minimum absolute atomic E-state index is 0.0559. The third kappa shape index (κ3) is 4.14. The van der Waals surface area contributed by atoms with Gasteiger partial charge in [-0.05, 0) is 24.6 Å². The zero-order valence-electron chi connectivity index (χ0n) is 9.23. The normalized spacial score (nSPS) is 11.2. The minimum Gasteiger partial charge on any atom is -0.389 e. The molecule has 0 saturated carbocycles. The summed E-state index contributed by atoms with van der Waals surface area (Å²) < 4.78 is 25.5. The van der Waals surface area contributed by atoms with E-state index in [4.69, 9.17) is 29.6 Å². The van der Waals surface area contributed by atoms with Crippen molar-refractivity contribution in [3.05, 3.63) is 28.8 Å². The maximum atomic E-state index is 11.6. The third-order valence-corrected chi connectivity index (χ3v) is 4.02. The smallest absolute Gasteiger partial charge is 0.232 e. The standard InChI is InChI=1S/C10H13ClN2O2S2/c1-2-5-17(14,15)13-9-4-3-7(10(12)16)6-8(9)11/h3-4,6,13H,2,5H2,1H3,(H2,12,16). The van der Waals surface area contributed by atoms with Gasteiger partial charge in [0.1, 0.15) is 4.99 Å². The summed E-state index contributed by atoms with van der Waals surface area (Å²) in [5.74, 6) is 0.0559. The first-order valence-electron chi connectivity index (χ1n) is 4.95. The highest BCUT2D eigenvalue weighted by Gasteiger charge is 2.11. The van der Waals surface area contributed by atoms with Crippen LogP contribution in [0.5, 0.6) is 0 Å². The molecular formula is C10H13ClN2O2S2. The molecule has 3 N–H and O–H groups in total. The lowest BCUT2D eigenvalue weighted by Crippen LogP contribution is -2.16. The Morgan fingerprint density at radius 1 is 1.53 bits per heavy atom. The molecule has 7 heteroatoms. The van der Waals surface area contributed by atoms with E-state index in [9.17, 15) is 8.42 Å². The Bertz CT molecular complexity index is 529. The van der Waals surface area contributed by atoms with Gasteiger partial charge < -0.3 is 5.73 Å². The Kier molecular flexibility index (Phi) is 4.73. The largest absolute Gasteiger partial charge is 0.389 e. The summed E-state index contributed by atoms with van der Waals surface area (Å²) in [6.07, 6.45) is 0.540. The quantitative estimate of drug-likeness (QED) is 0.816. The lowest BCUT2D eigenvalue weighted by molar-refractivity contribution is 0.600. The van der Waals surface area contributed by atoms with Crippen molar-refractivity contribution >= 4 is 44.5 Å². The fraction of sp³-hybridized carbons (Fsp3) is 0.300. The molecule has 0 aliphatic carbocycles. The lowest BCUT2D eigenvalue weighted by Gasteiger charge is -2.09. The molecule has 1 aromatic carbocycles. The van der Waals surface area contributed by atoms with Crippen molar-refractivity contribution in [3.8, 4) is 0 Å². The van der Waals surface area contributed by atoms with E-state index in [1.165, 1.54) is 6.07 Å². The van der Waals surface area contributed by atoms with Crippen molar-refractivity contribution in [1.82, 2.24) is 0 Å². The second-order valence-corrected chi connectivity index (χ2v) is 6.17. The van der Waals surface area contributed by atoms with Crippen molar-refractivity contribution in [2.75, 3.05) is 10.5 Å². The van der Waals surface area contributed by atoms with Gasteiger partial charge in [0.2, 0.25) is 10.0 Å². The Hall–Kier alpha value is -0.850. The van der Waals surface area contributed by atoms with Crippen molar-refractivity contribution in [2.24, 2.45) is 5.73 Å². The second kappa shape index (κ2) is 5.66. The van der Waals surface area contributed by atoms with E-state index in [0.29, 0.717) is 17.7 Å². The Balaban J connectivity index is 2.98. The number of hydrogen-bond donors (Lipinski definition) is 2. The van der Waals surface area contributed by atoms with Crippen LogP contribution in [0.1, 0.15) is 18.9 Å². The van der Waals surface area contributed by atoms with Gasteiger partial charge >= 0.3 is 0 Å².